The molecule has 0 unspecified atom stereocenters. The number of rotatable bonds is 9. The lowest BCUT2D eigenvalue weighted by Gasteiger charge is -2.24. The number of nitrogens with zero attached hydrogens (tertiary/aromatic N) is 1. The molecule has 156 valence electrons. The molecule has 0 spiro atoms. The fraction of sp³-hybridized carbons (Fsp3) is 0.300. The number of esters is 2. The van der Waals surface area contributed by atoms with Crippen LogP contribution in [0.1, 0.15) is 24.2 Å². The zero-order valence-corrected chi connectivity index (χ0v) is 17.3. The molecule has 0 aliphatic heterocycles. The van der Waals surface area contributed by atoms with Gasteiger partial charge in [0.05, 0.1) is 36.5 Å². The van der Waals surface area contributed by atoms with E-state index in [-0.39, 0.29) is 22.8 Å². The highest BCUT2D eigenvalue weighted by molar-refractivity contribution is 7.92. The molecule has 2 aromatic carbocycles. The van der Waals surface area contributed by atoms with Crippen LogP contribution in [0.3, 0.4) is 0 Å². The van der Waals surface area contributed by atoms with Crippen LogP contribution in [0.5, 0.6) is 5.75 Å². The first-order valence-corrected chi connectivity index (χ1v) is 10.4. The van der Waals surface area contributed by atoms with E-state index in [0.717, 1.165) is 4.31 Å². The SMILES string of the molecule is CCOC(=O)CN(c1cccc(C(=O)OC)c1)S(=O)(=O)c1ccc(OCC)cc1. The lowest BCUT2D eigenvalue weighted by atomic mass is 10.2. The van der Waals surface area contributed by atoms with Crippen molar-refractivity contribution in [2.75, 3.05) is 31.2 Å². The standard InChI is InChI=1S/C20H23NO7S/c1-4-27-17-9-11-18(12-10-17)29(24,25)21(14-19(22)28-5-2)16-8-6-7-15(13-16)20(23)26-3/h6-13H,4-5,14H2,1-3H3. The predicted octanol–water partition coefficient (Wildman–Crippen LogP) is 2.63. The van der Waals surface area contributed by atoms with Crippen LogP contribution in [-0.2, 0) is 24.3 Å². The number of anilines is 1. The van der Waals surface area contributed by atoms with Gasteiger partial charge in [0.25, 0.3) is 10.0 Å². The van der Waals surface area contributed by atoms with Crippen molar-refractivity contribution in [3.63, 3.8) is 0 Å². The summed E-state index contributed by atoms with van der Waals surface area (Å²) >= 11 is 0. The highest BCUT2D eigenvalue weighted by Gasteiger charge is 2.28. The highest BCUT2D eigenvalue weighted by Crippen LogP contribution is 2.26. The second-order valence-corrected chi connectivity index (χ2v) is 7.63. The minimum atomic E-state index is -4.12. The van der Waals surface area contributed by atoms with Crippen LogP contribution in [0.2, 0.25) is 0 Å². The molecule has 0 atom stereocenters. The fourth-order valence-electron chi connectivity index (χ4n) is 2.55. The van der Waals surface area contributed by atoms with Gasteiger partial charge in [0.1, 0.15) is 12.3 Å². The summed E-state index contributed by atoms with van der Waals surface area (Å²) in [6, 6.07) is 11.7. The Morgan fingerprint density at radius 2 is 1.69 bits per heavy atom. The number of hydrogen-bond donors (Lipinski definition) is 0. The summed E-state index contributed by atoms with van der Waals surface area (Å²) in [4.78, 5) is 23.9. The van der Waals surface area contributed by atoms with E-state index in [1.807, 2.05) is 6.92 Å². The van der Waals surface area contributed by atoms with Gasteiger partial charge in [-0.05, 0) is 56.3 Å². The summed E-state index contributed by atoms with van der Waals surface area (Å²) < 4.78 is 42.3. The minimum Gasteiger partial charge on any atom is -0.494 e. The molecule has 29 heavy (non-hydrogen) atoms. The normalized spacial score (nSPS) is 10.9. The molecule has 8 nitrogen and oxygen atoms in total. The molecule has 9 heteroatoms. The van der Waals surface area contributed by atoms with Crippen molar-refractivity contribution < 1.29 is 32.2 Å². The van der Waals surface area contributed by atoms with Gasteiger partial charge in [-0.15, -0.1) is 0 Å². The number of hydrogen-bond acceptors (Lipinski definition) is 7. The van der Waals surface area contributed by atoms with Gasteiger partial charge < -0.3 is 14.2 Å². The molecule has 0 saturated carbocycles. The van der Waals surface area contributed by atoms with E-state index in [1.165, 1.54) is 55.6 Å². The quantitative estimate of drug-likeness (QED) is 0.574. The summed E-state index contributed by atoms with van der Waals surface area (Å²) in [5.41, 5.74) is 0.288. The van der Waals surface area contributed by atoms with E-state index in [1.54, 1.807) is 6.92 Å². The topological polar surface area (TPSA) is 99.2 Å². The van der Waals surface area contributed by atoms with E-state index in [9.17, 15) is 18.0 Å². The zero-order chi connectivity index (χ0) is 21.4. The van der Waals surface area contributed by atoms with Crippen LogP contribution in [0.25, 0.3) is 0 Å². The average molecular weight is 421 g/mol. The highest BCUT2D eigenvalue weighted by atomic mass is 32.2. The van der Waals surface area contributed by atoms with Crippen molar-refractivity contribution in [2.45, 2.75) is 18.7 Å². The van der Waals surface area contributed by atoms with Crippen molar-refractivity contribution in [3.8, 4) is 5.75 Å². The Morgan fingerprint density at radius 3 is 2.28 bits per heavy atom. The summed E-state index contributed by atoms with van der Waals surface area (Å²) in [6.45, 7) is 3.45. The molecule has 0 aliphatic rings. The monoisotopic (exact) mass is 421 g/mol. The molecule has 0 amide bonds. The lowest BCUT2D eigenvalue weighted by molar-refractivity contribution is -0.141. The van der Waals surface area contributed by atoms with Crippen LogP contribution >= 0.6 is 0 Å². The largest absolute Gasteiger partial charge is 0.494 e. The molecule has 0 aliphatic carbocycles. The van der Waals surface area contributed by atoms with Crippen molar-refractivity contribution in [1.29, 1.82) is 0 Å². The van der Waals surface area contributed by atoms with Crippen LogP contribution in [0, 0.1) is 0 Å². The van der Waals surface area contributed by atoms with Gasteiger partial charge in [0, 0.05) is 0 Å². The Kier molecular flexibility index (Phi) is 7.60. The van der Waals surface area contributed by atoms with Gasteiger partial charge in [-0.25, -0.2) is 13.2 Å². The van der Waals surface area contributed by atoms with Crippen molar-refractivity contribution in [1.82, 2.24) is 0 Å². The molecule has 0 radical (unpaired) electrons. The van der Waals surface area contributed by atoms with E-state index in [2.05, 4.69) is 4.74 Å². The third-order valence-electron chi connectivity index (χ3n) is 3.86. The molecule has 0 bridgehead atoms. The lowest BCUT2D eigenvalue weighted by Crippen LogP contribution is -2.36. The Hall–Kier alpha value is -3.07. The average Bonchev–Trinajstić information content (AvgIpc) is 2.72. The van der Waals surface area contributed by atoms with E-state index < -0.39 is 28.5 Å². The molecule has 0 heterocycles. The Bertz CT molecular complexity index is 955. The van der Waals surface area contributed by atoms with E-state index in [0.29, 0.717) is 12.4 Å². The van der Waals surface area contributed by atoms with Crippen LogP contribution in [0.4, 0.5) is 5.69 Å². The number of methoxy groups -OCH3 is 1. The smallest absolute Gasteiger partial charge is 0.337 e. The fourth-order valence-corrected chi connectivity index (χ4v) is 3.95. The molecular weight excluding hydrogens is 398 g/mol. The molecular formula is C20H23NO7S. The van der Waals surface area contributed by atoms with Crippen LogP contribution in [0.15, 0.2) is 53.4 Å². The van der Waals surface area contributed by atoms with Gasteiger partial charge >= 0.3 is 11.9 Å². The first-order valence-electron chi connectivity index (χ1n) is 8.93. The van der Waals surface area contributed by atoms with Crippen molar-refractivity contribution in [3.05, 3.63) is 54.1 Å². The number of benzene rings is 2. The number of carbonyl (C=O) groups is 2. The van der Waals surface area contributed by atoms with Gasteiger partial charge in [-0.3, -0.25) is 9.10 Å². The summed E-state index contributed by atoms with van der Waals surface area (Å²) in [6.07, 6.45) is 0. The first kappa shape index (κ1) is 22.2. The number of ether oxygens (including phenoxy) is 3. The zero-order valence-electron chi connectivity index (χ0n) is 16.5. The summed E-state index contributed by atoms with van der Waals surface area (Å²) in [7, 11) is -2.90. The third kappa shape index (κ3) is 5.47. The van der Waals surface area contributed by atoms with Gasteiger partial charge in [0.2, 0.25) is 0 Å². The number of carbonyl (C=O) groups excluding carboxylic acids is 2. The maximum absolute atomic E-state index is 13.3. The summed E-state index contributed by atoms with van der Waals surface area (Å²) in [5.74, 6) is -0.817. The van der Waals surface area contributed by atoms with Gasteiger partial charge in [-0.1, -0.05) is 6.07 Å². The van der Waals surface area contributed by atoms with Crippen LogP contribution < -0.4 is 9.04 Å². The van der Waals surface area contributed by atoms with Crippen LogP contribution in [-0.4, -0.2) is 47.2 Å². The molecule has 2 aromatic rings. The summed E-state index contributed by atoms with van der Waals surface area (Å²) in [5, 5.41) is 0. The molecule has 0 aromatic heterocycles. The second-order valence-electron chi connectivity index (χ2n) is 5.76. The van der Waals surface area contributed by atoms with Crippen molar-refractivity contribution in [2.24, 2.45) is 0 Å². The minimum absolute atomic E-state index is 0.0336. The maximum Gasteiger partial charge on any atom is 0.337 e. The Morgan fingerprint density at radius 1 is 1.00 bits per heavy atom. The molecule has 2 rings (SSSR count). The second kappa shape index (κ2) is 9.92. The Labute approximate surface area is 170 Å². The number of sulfonamides is 1. The third-order valence-corrected chi connectivity index (χ3v) is 5.64. The van der Waals surface area contributed by atoms with E-state index >= 15 is 0 Å². The van der Waals surface area contributed by atoms with Crippen molar-refractivity contribution >= 4 is 27.6 Å². The maximum atomic E-state index is 13.3. The molecule has 0 N–H and O–H groups in total. The predicted molar refractivity (Wildman–Crippen MR) is 107 cm³/mol. The first-order chi connectivity index (χ1) is 13.8. The van der Waals surface area contributed by atoms with Gasteiger partial charge in [0.15, 0.2) is 0 Å². The van der Waals surface area contributed by atoms with Gasteiger partial charge in [-0.2, -0.15) is 0 Å². The molecule has 0 saturated heterocycles. The van der Waals surface area contributed by atoms with E-state index in [4.69, 9.17) is 9.47 Å². The molecule has 0 fully saturated rings. The Balaban J connectivity index is 2.49.